The number of nitrogens with two attached hydrogens (primary N) is 1. The van der Waals surface area contributed by atoms with Gasteiger partial charge in [-0.15, -0.1) is 0 Å². The third kappa shape index (κ3) is 6.32. The molecule has 0 unspecified atom stereocenters. The Hall–Kier alpha value is -3.53. The number of hydrogen-bond donors (Lipinski definition) is 3. The van der Waals surface area contributed by atoms with Crippen LogP contribution >= 0.6 is 0 Å². The molecule has 0 spiro atoms. The maximum atomic E-state index is 12.0. The van der Waals surface area contributed by atoms with Gasteiger partial charge in [-0.3, -0.25) is 4.79 Å². The van der Waals surface area contributed by atoms with Gasteiger partial charge in [-0.25, -0.2) is 4.79 Å². The first-order valence-corrected chi connectivity index (χ1v) is 8.82. The van der Waals surface area contributed by atoms with Crippen LogP contribution in [0.5, 0.6) is 5.75 Å². The van der Waals surface area contributed by atoms with E-state index in [-0.39, 0.29) is 6.54 Å². The van der Waals surface area contributed by atoms with Gasteiger partial charge in [0.15, 0.2) is 0 Å². The number of nitriles is 1. The number of anilines is 1. The molecule has 0 heterocycles. The van der Waals surface area contributed by atoms with Gasteiger partial charge in [-0.1, -0.05) is 24.3 Å². The van der Waals surface area contributed by atoms with Gasteiger partial charge in [-0.2, -0.15) is 5.26 Å². The molecule has 2 rings (SSSR count). The summed E-state index contributed by atoms with van der Waals surface area (Å²) in [6.07, 6.45) is 0.368. The first-order valence-electron chi connectivity index (χ1n) is 8.82. The highest BCUT2D eigenvalue weighted by Crippen LogP contribution is 2.17. The molecule has 0 aliphatic carbocycles. The minimum atomic E-state index is -0.824. The Balaban J connectivity index is 1.88. The van der Waals surface area contributed by atoms with Crippen LogP contribution in [0.3, 0.4) is 0 Å². The molecule has 0 saturated heterocycles. The predicted octanol–water partition coefficient (Wildman–Crippen LogP) is 2.96. The third-order valence-electron chi connectivity index (χ3n) is 4.15. The van der Waals surface area contributed by atoms with E-state index in [1.165, 1.54) is 0 Å². The lowest BCUT2D eigenvalue weighted by Gasteiger charge is -2.20. The summed E-state index contributed by atoms with van der Waals surface area (Å²) in [7, 11) is 0. The number of hydrogen-bond acceptors (Lipinski definition) is 4. The zero-order valence-electron chi connectivity index (χ0n) is 16.0. The normalized spacial score (nSPS) is 10.6. The SMILES string of the molecule is CC(C)(CNC(=O)Nc1cccc(COc2ccc(CC#N)cc2)c1)C(N)=O. The Kier molecular flexibility index (Phi) is 6.99. The summed E-state index contributed by atoms with van der Waals surface area (Å²) < 4.78 is 5.74. The van der Waals surface area contributed by atoms with Gasteiger partial charge >= 0.3 is 6.03 Å². The summed E-state index contributed by atoms with van der Waals surface area (Å²) in [5.74, 6) is 0.221. The van der Waals surface area contributed by atoms with Crippen molar-refractivity contribution in [3.05, 3.63) is 59.7 Å². The molecule has 0 aliphatic rings. The first kappa shape index (κ1) is 20.8. The van der Waals surface area contributed by atoms with Crippen LogP contribution in [-0.4, -0.2) is 18.5 Å². The highest BCUT2D eigenvalue weighted by Gasteiger charge is 2.25. The van der Waals surface area contributed by atoms with Crippen LogP contribution < -0.4 is 21.1 Å². The van der Waals surface area contributed by atoms with E-state index in [1.54, 1.807) is 19.9 Å². The molecule has 146 valence electrons. The van der Waals surface area contributed by atoms with Crippen molar-refractivity contribution in [1.29, 1.82) is 5.26 Å². The smallest absolute Gasteiger partial charge is 0.319 e. The molecule has 7 heteroatoms. The fraction of sp³-hybridized carbons (Fsp3) is 0.286. The van der Waals surface area contributed by atoms with Crippen molar-refractivity contribution >= 4 is 17.6 Å². The summed E-state index contributed by atoms with van der Waals surface area (Å²) in [6.45, 7) is 3.81. The molecule has 2 aromatic rings. The number of amides is 3. The van der Waals surface area contributed by atoms with Gasteiger partial charge in [0.1, 0.15) is 12.4 Å². The number of carbonyl (C=O) groups excluding carboxylic acids is 2. The number of ether oxygens (including phenoxy) is 1. The van der Waals surface area contributed by atoms with E-state index in [4.69, 9.17) is 15.7 Å². The lowest BCUT2D eigenvalue weighted by molar-refractivity contribution is -0.125. The fourth-order valence-electron chi connectivity index (χ4n) is 2.26. The van der Waals surface area contributed by atoms with Crippen molar-refractivity contribution in [1.82, 2.24) is 5.32 Å². The summed E-state index contributed by atoms with van der Waals surface area (Å²) in [5.41, 5.74) is 6.90. The molecule has 0 radical (unpaired) electrons. The Labute approximate surface area is 164 Å². The van der Waals surface area contributed by atoms with Gasteiger partial charge in [-0.05, 0) is 49.2 Å². The van der Waals surface area contributed by atoms with Crippen molar-refractivity contribution in [3.8, 4) is 11.8 Å². The van der Waals surface area contributed by atoms with Gasteiger partial charge < -0.3 is 21.1 Å². The van der Waals surface area contributed by atoms with E-state index >= 15 is 0 Å². The largest absolute Gasteiger partial charge is 0.489 e. The second-order valence-electron chi connectivity index (χ2n) is 7.02. The number of carbonyl (C=O) groups is 2. The number of rotatable bonds is 8. The molecule has 0 aromatic heterocycles. The molecule has 0 fully saturated rings. The molecule has 2 aromatic carbocycles. The highest BCUT2D eigenvalue weighted by atomic mass is 16.5. The summed E-state index contributed by atoms with van der Waals surface area (Å²) in [6, 6.07) is 16.3. The Morgan fingerprint density at radius 2 is 1.86 bits per heavy atom. The van der Waals surface area contributed by atoms with Crippen molar-refractivity contribution < 1.29 is 14.3 Å². The van der Waals surface area contributed by atoms with Crippen LogP contribution in [0.4, 0.5) is 10.5 Å². The second-order valence-corrected chi connectivity index (χ2v) is 7.02. The molecule has 7 nitrogen and oxygen atoms in total. The van der Waals surface area contributed by atoms with E-state index < -0.39 is 17.4 Å². The van der Waals surface area contributed by atoms with E-state index in [0.717, 1.165) is 11.1 Å². The topological polar surface area (TPSA) is 117 Å². The quantitative estimate of drug-likeness (QED) is 0.652. The number of benzene rings is 2. The lowest BCUT2D eigenvalue weighted by atomic mass is 9.93. The van der Waals surface area contributed by atoms with E-state index in [1.807, 2.05) is 42.5 Å². The maximum absolute atomic E-state index is 12.0. The first-order chi connectivity index (χ1) is 13.3. The van der Waals surface area contributed by atoms with Crippen molar-refractivity contribution in [2.45, 2.75) is 26.9 Å². The minimum absolute atomic E-state index is 0.138. The number of nitrogens with one attached hydrogen (secondary N) is 2. The van der Waals surface area contributed by atoms with Crippen LogP contribution in [0.2, 0.25) is 0 Å². The molecule has 28 heavy (non-hydrogen) atoms. The number of primary amides is 1. The second kappa shape index (κ2) is 9.42. The summed E-state index contributed by atoms with van der Waals surface area (Å²) >= 11 is 0. The van der Waals surface area contributed by atoms with Gasteiger partial charge in [0.05, 0.1) is 17.9 Å². The average molecular weight is 380 g/mol. The van der Waals surface area contributed by atoms with Crippen LogP contribution in [0, 0.1) is 16.7 Å². The zero-order chi connectivity index (χ0) is 20.6. The lowest BCUT2D eigenvalue weighted by Crippen LogP contribution is -2.43. The molecule has 0 aliphatic heterocycles. The molecule has 3 amide bonds. The molecule has 0 bridgehead atoms. The van der Waals surface area contributed by atoms with Crippen LogP contribution in [0.1, 0.15) is 25.0 Å². The summed E-state index contributed by atoms with van der Waals surface area (Å²) in [5, 5.41) is 14.1. The molecule has 0 atom stereocenters. The van der Waals surface area contributed by atoms with Crippen molar-refractivity contribution in [2.75, 3.05) is 11.9 Å². The van der Waals surface area contributed by atoms with Gasteiger partial charge in [0, 0.05) is 12.2 Å². The maximum Gasteiger partial charge on any atom is 0.319 e. The standard InChI is InChI=1S/C21H24N4O3/c1-21(2,19(23)26)14-24-20(27)25-17-5-3-4-16(12-17)13-28-18-8-6-15(7-9-18)10-11-22/h3-9,12H,10,13-14H2,1-2H3,(H2,23,26)(H2,24,25,27). The van der Waals surface area contributed by atoms with Gasteiger partial charge in [0.25, 0.3) is 0 Å². The van der Waals surface area contributed by atoms with E-state index in [9.17, 15) is 9.59 Å². The van der Waals surface area contributed by atoms with Crippen LogP contribution in [0.15, 0.2) is 48.5 Å². The van der Waals surface area contributed by atoms with Crippen LogP contribution in [-0.2, 0) is 17.8 Å². The van der Waals surface area contributed by atoms with Crippen molar-refractivity contribution in [2.24, 2.45) is 11.1 Å². The fourth-order valence-corrected chi connectivity index (χ4v) is 2.26. The Morgan fingerprint density at radius 3 is 2.50 bits per heavy atom. The Bertz CT molecular complexity index is 870. The minimum Gasteiger partial charge on any atom is -0.489 e. The highest BCUT2D eigenvalue weighted by molar-refractivity contribution is 5.90. The van der Waals surface area contributed by atoms with Gasteiger partial charge in [0.2, 0.25) is 5.91 Å². The number of urea groups is 1. The van der Waals surface area contributed by atoms with Crippen LogP contribution in [0.25, 0.3) is 0 Å². The molecular formula is C21H24N4O3. The zero-order valence-corrected chi connectivity index (χ0v) is 16.0. The molecule has 4 N–H and O–H groups in total. The third-order valence-corrected chi connectivity index (χ3v) is 4.15. The molecular weight excluding hydrogens is 356 g/mol. The monoisotopic (exact) mass is 380 g/mol. The van der Waals surface area contributed by atoms with E-state index in [2.05, 4.69) is 16.7 Å². The molecule has 0 saturated carbocycles. The van der Waals surface area contributed by atoms with E-state index in [0.29, 0.717) is 24.5 Å². The average Bonchev–Trinajstić information content (AvgIpc) is 2.66. The number of nitrogens with zero attached hydrogens (tertiary/aromatic N) is 1. The Morgan fingerprint density at radius 1 is 1.14 bits per heavy atom. The predicted molar refractivity (Wildman–Crippen MR) is 107 cm³/mol. The van der Waals surface area contributed by atoms with Crippen molar-refractivity contribution in [3.63, 3.8) is 0 Å². The summed E-state index contributed by atoms with van der Waals surface area (Å²) in [4.78, 5) is 23.3.